The highest BCUT2D eigenvalue weighted by Crippen LogP contribution is 2.28. The monoisotopic (exact) mass is 495 g/mol. The number of halogens is 3. The first kappa shape index (κ1) is 23.2. The van der Waals surface area contributed by atoms with Gasteiger partial charge in [-0.3, -0.25) is 4.79 Å². The molecule has 0 unspecified atom stereocenters. The second-order valence-electron chi connectivity index (χ2n) is 6.27. The molecule has 5 nitrogen and oxygen atoms in total. The van der Waals surface area contributed by atoms with Crippen molar-refractivity contribution in [1.29, 1.82) is 0 Å². The van der Waals surface area contributed by atoms with Crippen LogP contribution in [0, 0.1) is 0 Å². The van der Waals surface area contributed by atoms with Gasteiger partial charge in [0, 0.05) is 11.1 Å². The van der Waals surface area contributed by atoms with E-state index in [0.29, 0.717) is 30.7 Å². The van der Waals surface area contributed by atoms with E-state index in [1.54, 1.807) is 30.3 Å². The highest BCUT2D eigenvalue weighted by Gasteiger charge is 2.29. The number of nitrogens with zero attached hydrogens (tertiary/aromatic N) is 1. The summed E-state index contributed by atoms with van der Waals surface area (Å²) in [6, 6.07) is 16.5. The Hall–Kier alpha value is -2.51. The Morgan fingerprint density at radius 1 is 0.903 bits per heavy atom. The Labute approximate surface area is 195 Å². The largest absolute Gasteiger partial charge is 0.497 e. The second kappa shape index (κ2) is 9.75. The highest BCUT2D eigenvalue weighted by molar-refractivity contribution is 7.93. The van der Waals surface area contributed by atoms with Gasteiger partial charge in [-0.2, -0.15) is 4.31 Å². The third kappa shape index (κ3) is 5.40. The molecule has 3 aromatic rings. The zero-order valence-corrected chi connectivity index (χ0v) is 19.2. The molecule has 0 aliphatic heterocycles. The van der Waals surface area contributed by atoms with Crippen LogP contribution in [0.25, 0.3) is 6.08 Å². The molecule has 160 valence electrons. The summed E-state index contributed by atoms with van der Waals surface area (Å²) in [6.07, 6.45) is 2.61. The maximum atomic E-state index is 13.3. The second-order valence-corrected chi connectivity index (χ2v) is 9.30. The predicted octanol–water partition coefficient (Wildman–Crippen LogP) is 6.09. The van der Waals surface area contributed by atoms with Gasteiger partial charge in [0.2, 0.25) is 0 Å². The molecule has 0 saturated carbocycles. The Morgan fingerprint density at radius 3 is 2.13 bits per heavy atom. The molecule has 0 heterocycles. The molecular weight excluding hydrogens is 481 g/mol. The van der Waals surface area contributed by atoms with E-state index >= 15 is 0 Å². The lowest BCUT2D eigenvalue weighted by molar-refractivity contribution is -0.113. The van der Waals surface area contributed by atoms with Gasteiger partial charge in [-0.25, -0.2) is 8.42 Å². The van der Waals surface area contributed by atoms with Gasteiger partial charge in [0.25, 0.3) is 15.9 Å². The lowest BCUT2D eigenvalue weighted by Gasteiger charge is -2.21. The van der Waals surface area contributed by atoms with Crippen molar-refractivity contribution in [2.75, 3.05) is 11.4 Å². The average Bonchev–Trinajstić information content (AvgIpc) is 2.75. The van der Waals surface area contributed by atoms with Gasteiger partial charge < -0.3 is 4.74 Å². The molecule has 9 heteroatoms. The normalized spacial score (nSPS) is 11.5. The first-order valence-corrected chi connectivity index (χ1v) is 11.4. The van der Waals surface area contributed by atoms with E-state index in [-0.39, 0.29) is 10.6 Å². The average molecular weight is 497 g/mol. The van der Waals surface area contributed by atoms with Gasteiger partial charge in [-0.15, -0.1) is 0 Å². The number of ether oxygens (including phenoxy) is 1. The van der Waals surface area contributed by atoms with Crippen molar-refractivity contribution in [3.05, 3.63) is 93.4 Å². The van der Waals surface area contributed by atoms with Gasteiger partial charge in [-0.1, -0.05) is 40.9 Å². The zero-order chi connectivity index (χ0) is 22.6. The fourth-order valence-electron chi connectivity index (χ4n) is 2.67. The van der Waals surface area contributed by atoms with Crippen LogP contribution in [0.5, 0.6) is 5.75 Å². The highest BCUT2D eigenvalue weighted by atomic mass is 35.5. The van der Waals surface area contributed by atoms with Gasteiger partial charge in [0.1, 0.15) is 5.75 Å². The molecule has 3 rings (SSSR count). The van der Waals surface area contributed by atoms with E-state index in [2.05, 4.69) is 0 Å². The lowest BCUT2D eigenvalue weighted by Crippen LogP contribution is -2.35. The first-order chi connectivity index (χ1) is 14.7. The van der Waals surface area contributed by atoms with Crippen molar-refractivity contribution >= 4 is 62.5 Å². The van der Waals surface area contributed by atoms with Crippen LogP contribution in [0.2, 0.25) is 15.1 Å². The third-order valence-electron chi connectivity index (χ3n) is 4.22. The smallest absolute Gasteiger partial charge is 0.271 e. The number of rotatable bonds is 6. The number of carbonyl (C=O) groups is 1. The number of carbonyl (C=O) groups excluding carboxylic acids is 1. The van der Waals surface area contributed by atoms with Gasteiger partial charge in [0.15, 0.2) is 0 Å². The number of hydrogen-bond acceptors (Lipinski definition) is 4. The van der Waals surface area contributed by atoms with E-state index in [1.165, 1.54) is 49.6 Å². The van der Waals surface area contributed by atoms with Gasteiger partial charge >= 0.3 is 0 Å². The molecule has 0 spiro atoms. The molecule has 3 aromatic carbocycles. The summed E-state index contributed by atoms with van der Waals surface area (Å²) in [4.78, 5) is 13.0. The van der Waals surface area contributed by atoms with Crippen molar-refractivity contribution in [3.8, 4) is 5.75 Å². The maximum Gasteiger partial charge on any atom is 0.271 e. The van der Waals surface area contributed by atoms with Crippen LogP contribution in [-0.4, -0.2) is 21.4 Å². The minimum Gasteiger partial charge on any atom is -0.497 e. The van der Waals surface area contributed by atoms with E-state index in [1.807, 2.05) is 0 Å². The van der Waals surface area contributed by atoms with E-state index < -0.39 is 15.9 Å². The van der Waals surface area contributed by atoms with Crippen molar-refractivity contribution < 1.29 is 17.9 Å². The van der Waals surface area contributed by atoms with Crippen LogP contribution < -0.4 is 9.04 Å². The molecule has 0 bridgehead atoms. The van der Waals surface area contributed by atoms with Crippen molar-refractivity contribution in [3.63, 3.8) is 0 Å². The predicted molar refractivity (Wildman–Crippen MR) is 125 cm³/mol. The molecule has 0 radical (unpaired) electrons. The summed E-state index contributed by atoms with van der Waals surface area (Å²) in [5.74, 6) is -0.252. The molecule has 1 amide bonds. The standard InChI is InChI=1S/C22H16Cl3NO4S/c1-30-18-8-6-17(7-9-18)26(31(28,29)19-10-4-16(23)5-11-19)22(27)13-3-15-2-12-20(24)21(25)14-15/h2-14H,1H3/b13-3+. The molecular formula is C22H16Cl3NO4S. The summed E-state index contributed by atoms with van der Waals surface area (Å²) in [5, 5.41) is 1.06. The van der Waals surface area contributed by atoms with E-state index in [4.69, 9.17) is 39.5 Å². The number of methoxy groups -OCH3 is 1. The summed E-state index contributed by atoms with van der Waals surface area (Å²) in [5.41, 5.74) is 0.737. The molecule has 0 atom stereocenters. The Balaban J connectivity index is 2.03. The van der Waals surface area contributed by atoms with E-state index in [9.17, 15) is 13.2 Å². The maximum absolute atomic E-state index is 13.3. The SMILES string of the molecule is COc1ccc(N(C(=O)/C=C/c2ccc(Cl)c(Cl)c2)S(=O)(=O)c2ccc(Cl)cc2)cc1. The van der Waals surface area contributed by atoms with Crippen molar-refractivity contribution in [2.45, 2.75) is 4.90 Å². The van der Waals surface area contributed by atoms with E-state index in [0.717, 1.165) is 6.08 Å². The van der Waals surface area contributed by atoms with Crippen LogP contribution in [0.3, 0.4) is 0 Å². The molecule has 0 N–H and O–H groups in total. The minimum absolute atomic E-state index is 0.0796. The fraction of sp³-hybridized carbons (Fsp3) is 0.0455. The van der Waals surface area contributed by atoms with Crippen LogP contribution in [0.1, 0.15) is 5.56 Å². The zero-order valence-electron chi connectivity index (χ0n) is 16.1. The van der Waals surface area contributed by atoms with Gasteiger partial charge in [-0.05, 0) is 72.3 Å². The number of sulfonamides is 1. The molecule has 0 fully saturated rings. The summed E-state index contributed by atoms with van der Waals surface area (Å²) in [7, 11) is -2.73. The number of anilines is 1. The lowest BCUT2D eigenvalue weighted by atomic mass is 10.2. The van der Waals surface area contributed by atoms with Crippen molar-refractivity contribution in [1.82, 2.24) is 0 Å². The molecule has 0 aliphatic rings. The molecule has 0 saturated heterocycles. The molecule has 0 aromatic heterocycles. The van der Waals surface area contributed by atoms with Crippen LogP contribution in [0.15, 0.2) is 77.7 Å². The van der Waals surface area contributed by atoms with Crippen LogP contribution in [-0.2, 0) is 14.8 Å². The van der Waals surface area contributed by atoms with Crippen LogP contribution in [0.4, 0.5) is 5.69 Å². The first-order valence-electron chi connectivity index (χ1n) is 8.84. The third-order valence-corrected chi connectivity index (χ3v) is 6.95. The van der Waals surface area contributed by atoms with Crippen molar-refractivity contribution in [2.24, 2.45) is 0 Å². The summed E-state index contributed by atoms with van der Waals surface area (Å²) in [6.45, 7) is 0. The quantitative estimate of drug-likeness (QED) is 0.387. The van der Waals surface area contributed by atoms with Crippen LogP contribution >= 0.6 is 34.8 Å². The number of amides is 1. The summed E-state index contributed by atoms with van der Waals surface area (Å²) >= 11 is 17.8. The number of benzene rings is 3. The Bertz CT molecular complexity index is 1220. The molecule has 31 heavy (non-hydrogen) atoms. The Morgan fingerprint density at radius 2 is 1.55 bits per heavy atom. The Kier molecular flexibility index (Phi) is 7.28. The topological polar surface area (TPSA) is 63.7 Å². The molecule has 0 aliphatic carbocycles. The van der Waals surface area contributed by atoms with Gasteiger partial charge in [0.05, 0.1) is 27.7 Å². The fourth-order valence-corrected chi connectivity index (χ4v) is 4.49. The minimum atomic E-state index is -4.22. The summed E-state index contributed by atoms with van der Waals surface area (Å²) < 4.78 is 32.4. The number of hydrogen-bond donors (Lipinski definition) is 0.